The molecule has 0 unspecified atom stereocenters. The predicted molar refractivity (Wildman–Crippen MR) is 88.0 cm³/mol. The quantitative estimate of drug-likeness (QED) is 0.508. The van der Waals surface area contributed by atoms with Gasteiger partial charge in [-0.25, -0.2) is 4.79 Å². The molecule has 0 radical (unpaired) electrons. The molecule has 0 saturated heterocycles. The molecule has 122 valence electrons. The van der Waals surface area contributed by atoms with Gasteiger partial charge in [-0.15, -0.1) is 12.4 Å². The molecule has 0 atom stereocenters. The first-order chi connectivity index (χ1) is 10.1. The molecule has 6 heteroatoms. The van der Waals surface area contributed by atoms with Gasteiger partial charge in [-0.05, 0) is 37.1 Å². The third kappa shape index (κ3) is 4.13. The molecule has 5 nitrogen and oxygen atoms in total. The lowest BCUT2D eigenvalue weighted by Crippen LogP contribution is -2.54. The zero-order chi connectivity index (χ0) is 15.3. The monoisotopic (exact) mass is 326 g/mol. The highest BCUT2D eigenvalue weighted by molar-refractivity contribution is 5.98. The lowest BCUT2D eigenvalue weighted by atomic mass is 9.89. The fraction of sp³-hybridized carbons (Fsp3) is 0.500. The number of carbonyl (C=O) groups is 2. The van der Waals surface area contributed by atoms with Gasteiger partial charge in [0.1, 0.15) is 5.54 Å². The molecule has 0 bridgehead atoms. The molecule has 1 fully saturated rings. The van der Waals surface area contributed by atoms with Gasteiger partial charge in [-0.3, -0.25) is 4.79 Å². The fourth-order valence-electron chi connectivity index (χ4n) is 2.83. The number of hydrogen-bond donors (Lipinski definition) is 2. The molecule has 3 N–H and O–H groups in total. The van der Waals surface area contributed by atoms with E-state index in [4.69, 9.17) is 10.5 Å². The molecule has 2 rings (SSSR count). The number of anilines is 1. The second-order valence-electron chi connectivity index (χ2n) is 5.56. The van der Waals surface area contributed by atoms with E-state index in [1.807, 2.05) is 0 Å². The van der Waals surface area contributed by atoms with Crippen LogP contribution in [0.25, 0.3) is 0 Å². The number of benzene rings is 1. The van der Waals surface area contributed by atoms with Crippen LogP contribution in [0.3, 0.4) is 0 Å². The number of methoxy groups -OCH3 is 1. The van der Waals surface area contributed by atoms with Gasteiger partial charge < -0.3 is 15.8 Å². The van der Waals surface area contributed by atoms with E-state index in [0.29, 0.717) is 24.1 Å². The summed E-state index contributed by atoms with van der Waals surface area (Å²) in [5.74, 6) is -0.615. The molecule has 1 saturated carbocycles. The Bertz CT molecular complexity index is 509. The van der Waals surface area contributed by atoms with Crippen LogP contribution < -0.4 is 11.1 Å². The molecule has 0 heterocycles. The Morgan fingerprint density at radius 2 is 1.64 bits per heavy atom. The van der Waals surface area contributed by atoms with Crippen LogP contribution in [0.5, 0.6) is 0 Å². The van der Waals surface area contributed by atoms with Crippen molar-refractivity contribution in [3.8, 4) is 0 Å². The van der Waals surface area contributed by atoms with Crippen molar-refractivity contribution in [1.29, 1.82) is 0 Å². The maximum absolute atomic E-state index is 12.4. The highest BCUT2D eigenvalue weighted by Gasteiger charge is 2.41. The summed E-state index contributed by atoms with van der Waals surface area (Å²) in [7, 11) is 1.37. The van der Waals surface area contributed by atoms with Crippen molar-refractivity contribution < 1.29 is 14.3 Å². The Labute approximate surface area is 137 Å². The molecule has 1 aliphatic carbocycles. The summed E-state index contributed by atoms with van der Waals surface area (Å²) in [5.41, 5.74) is 5.82. The van der Waals surface area contributed by atoms with E-state index in [0.717, 1.165) is 25.7 Å². The number of esters is 1. The van der Waals surface area contributed by atoms with Crippen LogP contribution in [-0.2, 0) is 9.53 Å². The van der Waals surface area contributed by atoms with Crippen LogP contribution in [0.2, 0.25) is 0 Å². The van der Waals surface area contributed by atoms with Gasteiger partial charge in [0.15, 0.2) is 0 Å². The standard InChI is InChI=1S/C16H22N2O3.ClH/c1-21-15(20)16(10-4-2-3-5-11-16)18-14(19)12-6-8-13(17)9-7-12;/h6-9H,2-5,10-11,17H2,1H3,(H,18,19);1H. The molecule has 0 aliphatic heterocycles. The number of nitrogens with two attached hydrogens (primary N) is 1. The Hall–Kier alpha value is -1.75. The third-order valence-electron chi connectivity index (χ3n) is 4.06. The van der Waals surface area contributed by atoms with Crippen LogP contribution in [-0.4, -0.2) is 24.5 Å². The normalized spacial score (nSPS) is 16.8. The maximum Gasteiger partial charge on any atom is 0.331 e. The van der Waals surface area contributed by atoms with Crippen molar-refractivity contribution in [1.82, 2.24) is 5.32 Å². The van der Waals surface area contributed by atoms with Crippen LogP contribution in [0, 0.1) is 0 Å². The summed E-state index contributed by atoms with van der Waals surface area (Å²) in [5, 5.41) is 2.90. The Morgan fingerprint density at radius 1 is 1.09 bits per heavy atom. The SMILES string of the molecule is COC(=O)C1(NC(=O)c2ccc(N)cc2)CCCCCC1.Cl. The lowest BCUT2D eigenvalue weighted by molar-refractivity contribution is -0.148. The third-order valence-corrected chi connectivity index (χ3v) is 4.06. The molecule has 1 aliphatic rings. The van der Waals surface area contributed by atoms with Gasteiger partial charge in [-0.2, -0.15) is 0 Å². The lowest BCUT2D eigenvalue weighted by Gasteiger charge is -2.30. The highest BCUT2D eigenvalue weighted by Crippen LogP contribution is 2.28. The van der Waals surface area contributed by atoms with Gasteiger partial charge >= 0.3 is 5.97 Å². The van der Waals surface area contributed by atoms with Crippen molar-refractivity contribution in [3.05, 3.63) is 29.8 Å². The Morgan fingerprint density at radius 3 is 2.14 bits per heavy atom. The van der Waals surface area contributed by atoms with Gasteiger partial charge in [0.2, 0.25) is 0 Å². The second-order valence-corrected chi connectivity index (χ2v) is 5.56. The minimum Gasteiger partial charge on any atom is -0.467 e. The molecular formula is C16H23ClN2O3. The number of rotatable bonds is 3. The van der Waals surface area contributed by atoms with E-state index in [2.05, 4.69) is 5.32 Å². The smallest absolute Gasteiger partial charge is 0.331 e. The van der Waals surface area contributed by atoms with E-state index in [1.54, 1.807) is 24.3 Å². The van der Waals surface area contributed by atoms with Crippen molar-refractivity contribution in [2.75, 3.05) is 12.8 Å². The van der Waals surface area contributed by atoms with Gasteiger partial charge in [0.25, 0.3) is 5.91 Å². The summed E-state index contributed by atoms with van der Waals surface area (Å²) in [6.45, 7) is 0. The average Bonchev–Trinajstić information content (AvgIpc) is 2.73. The molecule has 1 amide bonds. The number of nitrogen functional groups attached to an aromatic ring is 1. The van der Waals surface area contributed by atoms with Crippen LogP contribution >= 0.6 is 12.4 Å². The van der Waals surface area contributed by atoms with Crippen LogP contribution in [0.15, 0.2) is 24.3 Å². The van der Waals surface area contributed by atoms with Gasteiger partial charge in [0, 0.05) is 11.3 Å². The van der Waals surface area contributed by atoms with Crippen LogP contribution in [0.4, 0.5) is 5.69 Å². The summed E-state index contributed by atoms with van der Waals surface area (Å²) in [4.78, 5) is 24.6. The van der Waals surface area contributed by atoms with E-state index < -0.39 is 5.54 Å². The van der Waals surface area contributed by atoms with E-state index in [9.17, 15) is 9.59 Å². The first-order valence-corrected chi connectivity index (χ1v) is 7.34. The van der Waals surface area contributed by atoms with Crippen molar-refractivity contribution >= 4 is 30.0 Å². The zero-order valence-electron chi connectivity index (χ0n) is 12.8. The van der Waals surface area contributed by atoms with Gasteiger partial charge in [-0.1, -0.05) is 25.7 Å². The number of halogens is 1. The Balaban J connectivity index is 0.00000242. The second kappa shape index (κ2) is 8.03. The van der Waals surface area contributed by atoms with E-state index in [1.165, 1.54) is 7.11 Å². The summed E-state index contributed by atoms with van der Waals surface area (Å²) < 4.78 is 4.93. The topological polar surface area (TPSA) is 81.4 Å². The molecule has 0 aromatic heterocycles. The predicted octanol–water partition coefficient (Wildman–Crippen LogP) is 2.69. The summed E-state index contributed by atoms with van der Waals surface area (Å²) >= 11 is 0. The summed E-state index contributed by atoms with van der Waals surface area (Å²) in [6, 6.07) is 6.67. The molecule has 1 aromatic rings. The van der Waals surface area contributed by atoms with Crippen LogP contribution in [0.1, 0.15) is 48.9 Å². The highest BCUT2D eigenvalue weighted by atomic mass is 35.5. The van der Waals surface area contributed by atoms with Crippen molar-refractivity contribution in [3.63, 3.8) is 0 Å². The van der Waals surface area contributed by atoms with Crippen molar-refractivity contribution in [2.45, 2.75) is 44.1 Å². The zero-order valence-corrected chi connectivity index (χ0v) is 13.6. The molecule has 1 aromatic carbocycles. The average molecular weight is 327 g/mol. The molecule has 22 heavy (non-hydrogen) atoms. The fourth-order valence-corrected chi connectivity index (χ4v) is 2.83. The van der Waals surface area contributed by atoms with E-state index in [-0.39, 0.29) is 24.3 Å². The van der Waals surface area contributed by atoms with E-state index >= 15 is 0 Å². The molecular weight excluding hydrogens is 304 g/mol. The summed E-state index contributed by atoms with van der Waals surface area (Å²) in [6.07, 6.45) is 5.24. The number of amides is 1. The number of nitrogens with one attached hydrogen (secondary N) is 1. The minimum atomic E-state index is -0.899. The minimum absolute atomic E-state index is 0. The number of carbonyl (C=O) groups excluding carboxylic acids is 2. The first kappa shape index (κ1) is 18.3. The molecule has 0 spiro atoms. The number of hydrogen-bond acceptors (Lipinski definition) is 4. The largest absolute Gasteiger partial charge is 0.467 e. The Kier molecular flexibility index (Phi) is 6.68. The first-order valence-electron chi connectivity index (χ1n) is 7.34. The number of ether oxygens (including phenoxy) is 1. The van der Waals surface area contributed by atoms with Crippen molar-refractivity contribution in [2.24, 2.45) is 0 Å². The maximum atomic E-state index is 12.4. The van der Waals surface area contributed by atoms with Gasteiger partial charge in [0.05, 0.1) is 7.11 Å².